The number of piperidine rings is 1. The van der Waals surface area contributed by atoms with E-state index in [1.165, 1.54) is 24.3 Å². The van der Waals surface area contributed by atoms with E-state index < -0.39 is 17.3 Å². The van der Waals surface area contributed by atoms with Gasteiger partial charge in [0.2, 0.25) is 0 Å². The summed E-state index contributed by atoms with van der Waals surface area (Å²) in [6, 6.07) is 11.5. The molecule has 2 aromatic carbocycles. The van der Waals surface area contributed by atoms with Crippen molar-refractivity contribution in [3.05, 3.63) is 59.7 Å². The van der Waals surface area contributed by atoms with Crippen molar-refractivity contribution in [1.82, 2.24) is 4.90 Å². The highest BCUT2D eigenvalue weighted by Crippen LogP contribution is 2.37. The average Bonchev–Trinajstić information content (AvgIpc) is 2.67. The fraction of sp³-hybridized carbons (Fsp3) is 0.381. The minimum atomic E-state index is -4.44. The van der Waals surface area contributed by atoms with E-state index >= 15 is 0 Å². The van der Waals surface area contributed by atoms with Gasteiger partial charge >= 0.3 is 6.18 Å². The van der Waals surface area contributed by atoms with Crippen molar-refractivity contribution in [2.45, 2.75) is 38.0 Å². The van der Waals surface area contributed by atoms with Crippen molar-refractivity contribution in [2.75, 3.05) is 13.1 Å². The van der Waals surface area contributed by atoms with Crippen LogP contribution in [0.15, 0.2) is 48.5 Å². The predicted octanol–water partition coefficient (Wildman–Crippen LogP) is 4.75. The van der Waals surface area contributed by atoms with Crippen LogP contribution in [-0.4, -0.2) is 34.6 Å². The zero-order valence-corrected chi connectivity index (χ0v) is 15.1. The van der Waals surface area contributed by atoms with E-state index in [4.69, 9.17) is 0 Å². The highest BCUT2D eigenvalue weighted by molar-refractivity contribution is 5.95. The standard InChI is InChI=1S/C21H22F3NO2/c1-2-20(27)12-5-13-25(14-20)19(26)16-10-8-15(9-11-16)17-6-3-4-7-18(17)21(22,23)24/h3-4,6-11,27H,2,5,12-14H2,1H3. The van der Waals surface area contributed by atoms with Crippen LogP contribution in [-0.2, 0) is 6.18 Å². The van der Waals surface area contributed by atoms with Crippen LogP contribution in [0, 0.1) is 0 Å². The zero-order valence-electron chi connectivity index (χ0n) is 15.1. The lowest BCUT2D eigenvalue weighted by Gasteiger charge is -2.38. The lowest BCUT2D eigenvalue weighted by molar-refractivity contribution is -0.137. The molecule has 6 heteroatoms. The first-order valence-electron chi connectivity index (χ1n) is 9.02. The minimum Gasteiger partial charge on any atom is -0.388 e. The van der Waals surface area contributed by atoms with Crippen molar-refractivity contribution in [3.8, 4) is 11.1 Å². The van der Waals surface area contributed by atoms with Crippen molar-refractivity contribution < 1.29 is 23.1 Å². The van der Waals surface area contributed by atoms with Gasteiger partial charge in [0.15, 0.2) is 0 Å². The maximum Gasteiger partial charge on any atom is 0.417 e. The molecule has 27 heavy (non-hydrogen) atoms. The van der Waals surface area contributed by atoms with Gasteiger partial charge in [-0.15, -0.1) is 0 Å². The Hall–Kier alpha value is -2.34. The summed E-state index contributed by atoms with van der Waals surface area (Å²) in [5.41, 5.74) is -0.665. The molecule has 1 aliphatic heterocycles. The fourth-order valence-electron chi connectivity index (χ4n) is 3.53. The molecule has 0 saturated carbocycles. The molecule has 0 aliphatic carbocycles. The zero-order chi connectivity index (χ0) is 19.7. The summed E-state index contributed by atoms with van der Waals surface area (Å²) in [5, 5.41) is 10.4. The van der Waals surface area contributed by atoms with Gasteiger partial charge in [0, 0.05) is 18.7 Å². The lowest BCUT2D eigenvalue weighted by Crippen LogP contribution is -2.49. The summed E-state index contributed by atoms with van der Waals surface area (Å²) in [6.45, 7) is 2.74. The molecule has 1 atom stereocenters. The van der Waals surface area contributed by atoms with E-state index in [-0.39, 0.29) is 18.0 Å². The summed E-state index contributed by atoms with van der Waals surface area (Å²) in [6.07, 6.45) is -2.47. The van der Waals surface area contributed by atoms with Crippen LogP contribution in [0.25, 0.3) is 11.1 Å². The monoisotopic (exact) mass is 377 g/mol. The van der Waals surface area contributed by atoms with Crippen LogP contribution in [0.5, 0.6) is 0 Å². The van der Waals surface area contributed by atoms with Crippen LogP contribution in [0.2, 0.25) is 0 Å². The molecule has 0 radical (unpaired) electrons. The fourth-order valence-corrected chi connectivity index (χ4v) is 3.53. The first-order valence-corrected chi connectivity index (χ1v) is 9.02. The highest BCUT2D eigenvalue weighted by atomic mass is 19.4. The topological polar surface area (TPSA) is 40.5 Å². The lowest BCUT2D eigenvalue weighted by atomic mass is 9.90. The molecule has 0 aromatic heterocycles. The van der Waals surface area contributed by atoms with Crippen LogP contribution in [0.1, 0.15) is 42.1 Å². The Morgan fingerprint density at radius 2 is 1.81 bits per heavy atom. The van der Waals surface area contributed by atoms with Crippen molar-refractivity contribution >= 4 is 5.91 Å². The Kier molecular flexibility index (Phi) is 5.29. The minimum absolute atomic E-state index is 0.0855. The predicted molar refractivity (Wildman–Crippen MR) is 97.3 cm³/mol. The molecule has 2 aromatic rings. The van der Waals surface area contributed by atoms with Crippen LogP contribution in [0.4, 0.5) is 13.2 Å². The van der Waals surface area contributed by atoms with Gasteiger partial charge in [-0.25, -0.2) is 0 Å². The molecular weight excluding hydrogens is 355 g/mol. The molecule has 1 aliphatic rings. The molecule has 1 fully saturated rings. The van der Waals surface area contributed by atoms with Crippen LogP contribution in [0.3, 0.4) is 0 Å². The molecule has 1 saturated heterocycles. The number of halogens is 3. The molecule has 3 rings (SSSR count). The number of carbonyl (C=O) groups excluding carboxylic acids is 1. The normalized spacial score (nSPS) is 20.6. The maximum absolute atomic E-state index is 13.2. The third-order valence-corrected chi connectivity index (χ3v) is 5.18. The second-order valence-electron chi connectivity index (χ2n) is 7.03. The van der Waals surface area contributed by atoms with E-state index in [0.717, 1.165) is 12.5 Å². The third-order valence-electron chi connectivity index (χ3n) is 5.18. The molecular formula is C21H22F3NO2. The SMILES string of the molecule is CCC1(O)CCCN(C(=O)c2ccc(-c3ccccc3C(F)(F)F)cc2)C1. The van der Waals surface area contributed by atoms with Gasteiger partial charge in [0.05, 0.1) is 11.2 Å². The Morgan fingerprint density at radius 3 is 2.44 bits per heavy atom. The second-order valence-corrected chi connectivity index (χ2v) is 7.03. The number of amides is 1. The third kappa shape index (κ3) is 4.16. The summed E-state index contributed by atoms with van der Waals surface area (Å²) in [5.74, 6) is -0.211. The van der Waals surface area contributed by atoms with Crippen LogP contribution < -0.4 is 0 Å². The number of hydrogen-bond donors (Lipinski definition) is 1. The number of hydrogen-bond acceptors (Lipinski definition) is 2. The van der Waals surface area contributed by atoms with Gasteiger partial charge in [-0.2, -0.15) is 13.2 Å². The number of carbonyl (C=O) groups is 1. The van der Waals surface area contributed by atoms with Crippen molar-refractivity contribution in [1.29, 1.82) is 0 Å². The smallest absolute Gasteiger partial charge is 0.388 e. The number of aliphatic hydroxyl groups is 1. The number of β-amino-alcohol motifs (C(OH)–C–C–N with tert-alkyl or cyclic N) is 1. The number of rotatable bonds is 3. The number of alkyl halides is 3. The Labute approximate surface area is 156 Å². The molecule has 3 nitrogen and oxygen atoms in total. The molecule has 0 spiro atoms. The van der Waals surface area contributed by atoms with Gasteiger partial charge < -0.3 is 10.0 Å². The van der Waals surface area contributed by atoms with Gasteiger partial charge in [0.25, 0.3) is 5.91 Å². The molecule has 1 heterocycles. The molecule has 1 amide bonds. The molecule has 0 bridgehead atoms. The summed E-state index contributed by atoms with van der Waals surface area (Å²) in [4.78, 5) is 14.3. The van der Waals surface area contributed by atoms with Gasteiger partial charge in [-0.3, -0.25) is 4.79 Å². The first-order chi connectivity index (χ1) is 12.7. The first kappa shape index (κ1) is 19.4. The van der Waals surface area contributed by atoms with E-state index in [2.05, 4.69) is 0 Å². The van der Waals surface area contributed by atoms with Crippen molar-refractivity contribution in [2.24, 2.45) is 0 Å². The van der Waals surface area contributed by atoms with E-state index in [0.29, 0.717) is 30.5 Å². The summed E-state index contributed by atoms with van der Waals surface area (Å²) >= 11 is 0. The van der Waals surface area contributed by atoms with Gasteiger partial charge in [-0.05, 0) is 48.6 Å². The Morgan fingerprint density at radius 1 is 1.15 bits per heavy atom. The van der Waals surface area contributed by atoms with Crippen LogP contribution >= 0.6 is 0 Å². The Bertz CT molecular complexity index is 817. The quantitative estimate of drug-likeness (QED) is 0.839. The van der Waals surface area contributed by atoms with Crippen molar-refractivity contribution in [3.63, 3.8) is 0 Å². The number of benzene rings is 2. The molecule has 144 valence electrons. The summed E-state index contributed by atoms with van der Waals surface area (Å²) in [7, 11) is 0. The second kappa shape index (κ2) is 7.35. The Balaban J connectivity index is 1.83. The maximum atomic E-state index is 13.2. The largest absolute Gasteiger partial charge is 0.417 e. The summed E-state index contributed by atoms with van der Waals surface area (Å²) < 4.78 is 39.6. The molecule has 1 N–H and O–H groups in total. The van der Waals surface area contributed by atoms with Gasteiger partial charge in [0.1, 0.15) is 0 Å². The highest BCUT2D eigenvalue weighted by Gasteiger charge is 2.35. The van der Waals surface area contributed by atoms with Gasteiger partial charge in [-0.1, -0.05) is 37.3 Å². The van der Waals surface area contributed by atoms with E-state index in [9.17, 15) is 23.1 Å². The molecule has 1 unspecified atom stereocenters. The number of nitrogens with zero attached hydrogens (tertiary/aromatic N) is 1. The number of likely N-dealkylation sites (tertiary alicyclic amines) is 1. The van der Waals surface area contributed by atoms with E-state index in [1.807, 2.05) is 6.92 Å². The van der Waals surface area contributed by atoms with E-state index in [1.54, 1.807) is 23.1 Å². The average molecular weight is 377 g/mol.